The monoisotopic (exact) mass is 193 g/mol. The normalized spacial score (nSPS) is 14.9. The fraction of sp³-hybridized carbons (Fsp3) is 0.400. The molecule has 0 aromatic carbocycles. The summed E-state index contributed by atoms with van der Waals surface area (Å²) in [5.41, 5.74) is 3.15. The first kappa shape index (κ1) is 11.3. The molecule has 0 radical (unpaired) electrons. The predicted octanol–water partition coefficient (Wildman–Crippen LogP) is -3.84. The Kier molecular flexibility index (Phi) is 4.12. The van der Waals surface area contributed by atoms with Crippen LogP contribution in [-0.4, -0.2) is 12.0 Å². The van der Waals surface area contributed by atoms with Gasteiger partial charge in [0.25, 0.3) is 0 Å². The van der Waals surface area contributed by atoms with Crippen LogP contribution in [0.1, 0.15) is 6.42 Å². The number of carbonyl (C=O) groups excluding carboxylic acids is 1. The minimum atomic E-state index is -4.67. The zero-order valence-corrected chi connectivity index (χ0v) is 7.03. The van der Waals surface area contributed by atoms with E-state index in [0.717, 1.165) is 6.08 Å². The summed E-state index contributed by atoms with van der Waals surface area (Å²) in [5.74, 6) is -0.958. The first-order chi connectivity index (χ1) is 5.33. The first-order valence-electron chi connectivity index (χ1n) is 3.06. The zero-order chi connectivity index (χ0) is 9.78. The number of carboxylic acids is 1. The summed E-state index contributed by atoms with van der Waals surface area (Å²) >= 11 is 0. The van der Waals surface area contributed by atoms with Crippen molar-refractivity contribution in [2.45, 2.75) is 12.5 Å². The van der Waals surface area contributed by atoms with Crippen molar-refractivity contribution in [1.29, 1.82) is 0 Å². The lowest BCUT2D eigenvalue weighted by Crippen LogP contribution is -2.68. The van der Waals surface area contributed by atoms with Crippen LogP contribution in [0.15, 0.2) is 11.9 Å². The number of carbonyl (C=O) groups is 1. The third-order valence-corrected chi connectivity index (χ3v) is 1.62. The van der Waals surface area contributed by atoms with Gasteiger partial charge < -0.3 is 30.0 Å². The predicted molar refractivity (Wildman–Crippen MR) is 33.0 cm³/mol. The van der Waals surface area contributed by atoms with Gasteiger partial charge in [-0.1, -0.05) is 11.9 Å². The van der Waals surface area contributed by atoms with Gasteiger partial charge in [-0.2, -0.15) is 0 Å². The smallest absolute Gasteiger partial charge is 0.128 e. The average Bonchev–Trinajstić information content (AvgIpc) is 1.84. The number of hydrogen-bond acceptors (Lipinski definition) is 5. The second kappa shape index (κ2) is 4.37. The lowest BCUT2D eigenvalue weighted by molar-refractivity contribution is -0.436. The maximum atomic E-state index is 10.0. The van der Waals surface area contributed by atoms with E-state index in [9.17, 15) is 24.3 Å². The summed E-state index contributed by atoms with van der Waals surface area (Å²) in [6.45, 7) is 0. The Morgan fingerprint density at radius 3 is 2.42 bits per heavy atom. The first-order valence-corrected chi connectivity index (χ1v) is 4.67. The number of rotatable bonds is 4. The van der Waals surface area contributed by atoms with E-state index in [0.29, 0.717) is 5.82 Å². The van der Waals surface area contributed by atoms with E-state index >= 15 is 0 Å². The Hall–Kier alpha value is -0.680. The van der Waals surface area contributed by atoms with Gasteiger partial charge in [0.15, 0.2) is 0 Å². The molecule has 0 fully saturated rings. The van der Waals surface area contributed by atoms with Gasteiger partial charge in [0.05, 0.1) is 5.97 Å². The molecule has 1 atom stereocenters. The molecule has 3 N–H and O–H groups in total. The van der Waals surface area contributed by atoms with E-state index in [4.69, 9.17) is 0 Å². The SMILES string of the molecule is [NH3+][C@@H](C/C=C/P(=O)([O-])[O-])C(=O)[O-]. The third-order valence-electron chi connectivity index (χ3n) is 1.04. The quantitative estimate of drug-likeness (QED) is 0.457. The molecule has 0 spiro atoms. The van der Waals surface area contributed by atoms with Crippen LogP contribution in [0.3, 0.4) is 0 Å². The highest BCUT2D eigenvalue weighted by atomic mass is 31.2. The van der Waals surface area contributed by atoms with Crippen molar-refractivity contribution in [3.05, 3.63) is 11.9 Å². The molecule has 0 saturated carbocycles. The Labute approximate surface area is 68.9 Å². The maximum Gasteiger partial charge on any atom is 0.128 e. The fourth-order valence-electron chi connectivity index (χ4n) is 0.450. The zero-order valence-electron chi connectivity index (χ0n) is 6.13. The van der Waals surface area contributed by atoms with Gasteiger partial charge in [0.2, 0.25) is 0 Å². The highest BCUT2D eigenvalue weighted by Gasteiger charge is 2.02. The highest BCUT2D eigenvalue weighted by Crippen LogP contribution is 2.24. The Morgan fingerprint density at radius 1 is 1.58 bits per heavy atom. The third kappa shape index (κ3) is 6.06. The van der Waals surface area contributed by atoms with Crippen LogP contribution in [-0.2, 0) is 9.36 Å². The van der Waals surface area contributed by atoms with E-state index in [-0.39, 0.29) is 6.42 Å². The second-order valence-corrected chi connectivity index (χ2v) is 3.55. The Balaban J connectivity index is 3.92. The largest absolute Gasteiger partial charge is 0.808 e. The van der Waals surface area contributed by atoms with Crippen LogP contribution >= 0.6 is 7.60 Å². The molecule has 0 aromatic rings. The molecule has 0 unspecified atom stereocenters. The maximum absolute atomic E-state index is 10.0. The Morgan fingerprint density at radius 2 is 2.08 bits per heavy atom. The van der Waals surface area contributed by atoms with E-state index < -0.39 is 19.6 Å². The molecule has 0 aliphatic rings. The second-order valence-electron chi connectivity index (χ2n) is 2.18. The molecule has 6 nitrogen and oxygen atoms in total. The minimum absolute atomic E-state index is 0.128. The number of carboxylic acid groups (broad SMARTS) is 1. The van der Waals surface area contributed by atoms with Crippen LogP contribution in [0.5, 0.6) is 0 Å². The van der Waals surface area contributed by atoms with Crippen LogP contribution in [0, 0.1) is 0 Å². The van der Waals surface area contributed by atoms with Crippen molar-refractivity contribution in [3.8, 4) is 0 Å². The van der Waals surface area contributed by atoms with Crippen molar-refractivity contribution in [1.82, 2.24) is 0 Å². The average molecular weight is 193 g/mol. The van der Waals surface area contributed by atoms with Gasteiger partial charge in [0.1, 0.15) is 6.04 Å². The molecule has 7 heteroatoms. The molecule has 0 rings (SSSR count). The standard InChI is InChI=1S/C5H10NO5P/c6-4(5(7)8)2-1-3-12(9,10)11/h1,3-4H,2,6H2,(H,7,8)(H2,9,10,11)/p-2/b3-1+/t4-/m0/s1. The molecular weight excluding hydrogens is 185 g/mol. The molecule has 0 bridgehead atoms. The molecule has 0 heterocycles. The van der Waals surface area contributed by atoms with Crippen molar-refractivity contribution in [3.63, 3.8) is 0 Å². The molecule has 70 valence electrons. The summed E-state index contributed by atoms with van der Waals surface area (Å²) in [5, 5.41) is 10.0. The molecule has 0 aliphatic carbocycles. The van der Waals surface area contributed by atoms with E-state index in [1.807, 2.05) is 0 Å². The lowest BCUT2D eigenvalue weighted by atomic mass is 10.2. The topological polar surface area (TPSA) is 131 Å². The molecule has 12 heavy (non-hydrogen) atoms. The van der Waals surface area contributed by atoms with Crippen LogP contribution in [0.25, 0.3) is 0 Å². The fourth-order valence-corrected chi connectivity index (χ4v) is 0.830. The summed E-state index contributed by atoms with van der Waals surface area (Å²) in [6, 6.07) is -1.03. The highest BCUT2D eigenvalue weighted by molar-refractivity contribution is 7.52. The minimum Gasteiger partial charge on any atom is -0.808 e. The van der Waals surface area contributed by atoms with Crippen LogP contribution in [0.4, 0.5) is 0 Å². The summed E-state index contributed by atoms with van der Waals surface area (Å²) in [7, 11) is -4.67. The molecule has 0 saturated heterocycles. The van der Waals surface area contributed by atoms with E-state index in [2.05, 4.69) is 5.73 Å². The molecular formula is C5H8NO5P-2. The molecule has 0 aliphatic heterocycles. The van der Waals surface area contributed by atoms with Gasteiger partial charge in [-0.3, -0.25) is 0 Å². The molecule has 0 aromatic heterocycles. The summed E-state index contributed by atoms with van der Waals surface area (Å²) < 4.78 is 9.98. The summed E-state index contributed by atoms with van der Waals surface area (Å²) in [6.07, 6.45) is 0.824. The van der Waals surface area contributed by atoms with Gasteiger partial charge in [-0.25, -0.2) is 0 Å². The van der Waals surface area contributed by atoms with Gasteiger partial charge >= 0.3 is 0 Å². The lowest BCUT2D eigenvalue weighted by Gasteiger charge is -2.24. The number of hydrogen-bond donors (Lipinski definition) is 1. The van der Waals surface area contributed by atoms with Crippen molar-refractivity contribution in [2.24, 2.45) is 0 Å². The van der Waals surface area contributed by atoms with Crippen molar-refractivity contribution < 1.29 is 30.0 Å². The van der Waals surface area contributed by atoms with E-state index in [1.54, 1.807) is 0 Å². The van der Waals surface area contributed by atoms with Crippen LogP contribution < -0.4 is 20.6 Å². The Bertz CT molecular complexity index is 232. The van der Waals surface area contributed by atoms with Gasteiger partial charge in [0, 0.05) is 6.42 Å². The van der Waals surface area contributed by atoms with E-state index in [1.165, 1.54) is 0 Å². The number of aliphatic carboxylic acids is 1. The van der Waals surface area contributed by atoms with Gasteiger partial charge in [-0.15, -0.1) is 0 Å². The summed E-state index contributed by atoms with van der Waals surface area (Å²) in [4.78, 5) is 30.0. The van der Waals surface area contributed by atoms with Crippen molar-refractivity contribution in [2.75, 3.05) is 0 Å². The molecule has 0 amide bonds. The van der Waals surface area contributed by atoms with Crippen LogP contribution in [0.2, 0.25) is 0 Å². The number of quaternary nitrogens is 1. The van der Waals surface area contributed by atoms with Crippen molar-refractivity contribution >= 4 is 13.6 Å². The van der Waals surface area contributed by atoms with Gasteiger partial charge in [-0.05, 0) is 7.60 Å².